The molecule has 1 N–H and O–H groups in total. The number of methoxy groups -OCH3 is 1. The number of nitrogens with one attached hydrogen (secondary N) is 1. The lowest BCUT2D eigenvalue weighted by Crippen LogP contribution is -2.11. The maximum Gasteiger partial charge on any atom is 0.339 e. The Labute approximate surface area is 105 Å². The highest BCUT2D eigenvalue weighted by Gasteiger charge is 2.07. The minimum atomic E-state index is -0.415. The summed E-state index contributed by atoms with van der Waals surface area (Å²) < 4.78 is 9.38. The van der Waals surface area contributed by atoms with Crippen LogP contribution in [0.25, 0.3) is 0 Å². The van der Waals surface area contributed by atoms with E-state index in [9.17, 15) is 9.59 Å². The molecule has 0 saturated heterocycles. The van der Waals surface area contributed by atoms with Gasteiger partial charge in [-0.1, -0.05) is 0 Å². The van der Waals surface area contributed by atoms with Crippen molar-refractivity contribution in [2.75, 3.05) is 25.6 Å². The number of aromatic nitrogens is 1. The van der Waals surface area contributed by atoms with E-state index in [0.29, 0.717) is 24.4 Å². The molecule has 0 aliphatic rings. The van der Waals surface area contributed by atoms with Crippen molar-refractivity contribution in [3.63, 3.8) is 0 Å². The van der Waals surface area contributed by atoms with Gasteiger partial charge in [-0.05, 0) is 13.0 Å². The van der Waals surface area contributed by atoms with E-state index in [1.807, 2.05) is 0 Å². The highest BCUT2D eigenvalue weighted by Crippen LogP contribution is 2.09. The van der Waals surface area contributed by atoms with Crippen LogP contribution in [-0.4, -0.2) is 37.2 Å². The Morgan fingerprint density at radius 1 is 1.39 bits per heavy atom. The van der Waals surface area contributed by atoms with Gasteiger partial charge in [0, 0.05) is 18.9 Å². The van der Waals surface area contributed by atoms with Crippen molar-refractivity contribution in [2.45, 2.75) is 13.3 Å². The Kier molecular flexibility index (Phi) is 5.63. The van der Waals surface area contributed by atoms with Crippen LogP contribution in [0.3, 0.4) is 0 Å². The number of rotatable bonds is 6. The number of pyridine rings is 1. The second-order valence-corrected chi connectivity index (χ2v) is 3.44. The van der Waals surface area contributed by atoms with Crippen LogP contribution in [0.4, 0.5) is 5.69 Å². The molecule has 1 aromatic heterocycles. The zero-order chi connectivity index (χ0) is 13.4. The van der Waals surface area contributed by atoms with E-state index >= 15 is 0 Å². The van der Waals surface area contributed by atoms with Crippen molar-refractivity contribution in [2.24, 2.45) is 0 Å². The van der Waals surface area contributed by atoms with Crippen molar-refractivity contribution < 1.29 is 19.1 Å². The monoisotopic (exact) mass is 252 g/mol. The van der Waals surface area contributed by atoms with Gasteiger partial charge in [0.2, 0.25) is 0 Å². The van der Waals surface area contributed by atoms with Gasteiger partial charge in [0.05, 0.1) is 31.4 Å². The Balaban J connectivity index is 2.54. The Hall–Kier alpha value is -2.11. The first kappa shape index (κ1) is 14.0. The summed E-state index contributed by atoms with van der Waals surface area (Å²) in [7, 11) is 1.34. The van der Waals surface area contributed by atoms with Crippen LogP contribution in [0.15, 0.2) is 18.5 Å². The molecule has 1 heterocycles. The van der Waals surface area contributed by atoms with Gasteiger partial charge < -0.3 is 14.8 Å². The average molecular weight is 252 g/mol. The Morgan fingerprint density at radius 2 is 2.17 bits per heavy atom. The molecule has 0 spiro atoms. The van der Waals surface area contributed by atoms with Gasteiger partial charge in [-0.15, -0.1) is 0 Å². The van der Waals surface area contributed by atoms with Crippen LogP contribution in [0, 0.1) is 0 Å². The lowest BCUT2D eigenvalue weighted by atomic mass is 10.2. The third kappa shape index (κ3) is 4.40. The fourth-order valence-corrected chi connectivity index (χ4v) is 1.27. The number of ether oxygens (including phenoxy) is 2. The largest absolute Gasteiger partial charge is 0.469 e. The summed E-state index contributed by atoms with van der Waals surface area (Å²) >= 11 is 0. The van der Waals surface area contributed by atoms with Gasteiger partial charge in [0.15, 0.2) is 0 Å². The number of carbonyl (C=O) groups is 2. The zero-order valence-electron chi connectivity index (χ0n) is 10.4. The van der Waals surface area contributed by atoms with E-state index in [1.165, 1.54) is 13.3 Å². The molecule has 6 nitrogen and oxygen atoms in total. The number of anilines is 1. The van der Waals surface area contributed by atoms with Crippen LogP contribution in [-0.2, 0) is 14.3 Å². The molecule has 0 aliphatic carbocycles. The molecule has 0 fully saturated rings. The molecule has 0 bridgehead atoms. The highest BCUT2D eigenvalue weighted by atomic mass is 16.5. The summed E-state index contributed by atoms with van der Waals surface area (Å²) in [6.07, 6.45) is 3.25. The second-order valence-electron chi connectivity index (χ2n) is 3.44. The lowest BCUT2D eigenvalue weighted by molar-refractivity contribution is -0.140. The van der Waals surface area contributed by atoms with E-state index in [2.05, 4.69) is 15.0 Å². The predicted octanol–water partition coefficient (Wildman–Crippen LogP) is 1.23. The molecular formula is C12H16N2O4. The van der Waals surface area contributed by atoms with Gasteiger partial charge in [0.25, 0.3) is 0 Å². The van der Waals surface area contributed by atoms with E-state index < -0.39 is 5.97 Å². The third-order valence-electron chi connectivity index (χ3n) is 2.14. The molecule has 1 aromatic rings. The van der Waals surface area contributed by atoms with Gasteiger partial charge >= 0.3 is 11.9 Å². The molecule has 0 aliphatic heterocycles. The van der Waals surface area contributed by atoms with Crippen LogP contribution in [0.5, 0.6) is 0 Å². The summed E-state index contributed by atoms with van der Waals surface area (Å²) in [6, 6.07) is 1.63. The smallest absolute Gasteiger partial charge is 0.339 e. The van der Waals surface area contributed by atoms with Crippen molar-refractivity contribution in [3.05, 3.63) is 24.0 Å². The highest BCUT2D eigenvalue weighted by molar-refractivity contribution is 5.90. The standard InChI is InChI=1S/C12H16N2O4/c1-3-18-12(16)9-6-10(8-13-7-9)14-5-4-11(15)17-2/h6-8,14H,3-5H2,1-2H3. The van der Waals surface area contributed by atoms with Crippen molar-refractivity contribution in [3.8, 4) is 0 Å². The quantitative estimate of drug-likeness (QED) is 0.767. The van der Waals surface area contributed by atoms with E-state index in [1.54, 1.807) is 19.2 Å². The van der Waals surface area contributed by atoms with Gasteiger partial charge in [-0.25, -0.2) is 4.79 Å². The number of hydrogen-bond acceptors (Lipinski definition) is 6. The molecule has 0 atom stereocenters. The number of hydrogen-bond donors (Lipinski definition) is 1. The maximum atomic E-state index is 11.5. The number of nitrogens with zero attached hydrogens (tertiary/aromatic N) is 1. The van der Waals surface area contributed by atoms with Gasteiger partial charge in [0.1, 0.15) is 0 Å². The SMILES string of the molecule is CCOC(=O)c1cncc(NCCC(=O)OC)c1. The minimum absolute atomic E-state index is 0.250. The molecule has 0 aromatic carbocycles. The molecule has 6 heteroatoms. The third-order valence-corrected chi connectivity index (χ3v) is 2.14. The number of esters is 2. The summed E-state index contributed by atoms with van der Waals surface area (Å²) in [5, 5.41) is 2.98. The summed E-state index contributed by atoms with van der Waals surface area (Å²) in [5.74, 6) is -0.710. The normalized spacial score (nSPS) is 9.67. The molecule has 0 amide bonds. The summed E-state index contributed by atoms with van der Waals surface area (Å²) in [4.78, 5) is 26.3. The lowest BCUT2D eigenvalue weighted by Gasteiger charge is -2.06. The average Bonchev–Trinajstić information content (AvgIpc) is 2.39. The molecule has 98 valence electrons. The topological polar surface area (TPSA) is 77.5 Å². The molecule has 1 rings (SSSR count). The van der Waals surface area contributed by atoms with Crippen molar-refractivity contribution >= 4 is 17.6 Å². The van der Waals surface area contributed by atoms with Crippen LogP contribution in [0.1, 0.15) is 23.7 Å². The summed E-state index contributed by atoms with van der Waals surface area (Å²) in [5.41, 5.74) is 1.03. The van der Waals surface area contributed by atoms with E-state index in [-0.39, 0.29) is 12.4 Å². The van der Waals surface area contributed by atoms with Gasteiger partial charge in [-0.2, -0.15) is 0 Å². The van der Waals surface area contributed by atoms with Crippen molar-refractivity contribution in [1.82, 2.24) is 4.98 Å². The summed E-state index contributed by atoms with van der Waals surface area (Å²) in [6.45, 7) is 2.48. The molecule has 0 radical (unpaired) electrons. The Bertz CT molecular complexity index is 420. The fourth-order valence-electron chi connectivity index (χ4n) is 1.27. The zero-order valence-corrected chi connectivity index (χ0v) is 10.4. The van der Waals surface area contributed by atoms with E-state index in [4.69, 9.17) is 4.74 Å². The maximum absolute atomic E-state index is 11.5. The van der Waals surface area contributed by atoms with Crippen LogP contribution >= 0.6 is 0 Å². The second kappa shape index (κ2) is 7.26. The van der Waals surface area contributed by atoms with E-state index in [0.717, 1.165) is 0 Å². The first-order chi connectivity index (χ1) is 8.67. The van der Waals surface area contributed by atoms with Crippen LogP contribution in [0.2, 0.25) is 0 Å². The first-order valence-electron chi connectivity index (χ1n) is 5.60. The molecule has 18 heavy (non-hydrogen) atoms. The molecule has 0 unspecified atom stereocenters. The number of carbonyl (C=O) groups excluding carboxylic acids is 2. The fraction of sp³-hybridized carbons (Fsp3) is 0.417. The molecular weight excluding hydrogens is 236 g/mol. The Morgan fingerprint density at radius 3 is 2.83 bits per heavy atom. The molecule has 0 saturated carbocycles. The minimum Gasteiger partial charge on any atom is -0.469 e. The predicted molar refractivity (Wildman–Crippen MR) is 65.3 cm³/mol. The first-order valence-corrected chi connectivity index (χ1v) is 5.60. The van der Waals surface area contributed by atoms with Crippen LogP contribution < -0.4 is 5.32 Å². The van der Waals surface area contributed by atoms with Gasteiger partial charge in [-0.3, -0.25) is 9.78 Å². The van der Waals surface area contributed by atoms with Crippen molar-refractivity contribution in [1.29, 1.82) is 0 Å².